The van der Waals surface area contributed by atoms with Gasteiger partial charge in [-0.25, -0.2) is 0 Å². The molecule has 0 bridgehead atoms. The number of hydrogen-bond acceptors (Lipinski definition) is 1. The van der Waals surface area contributed by atoms with Gasteiger partial charge in [0.25, 0.3) is 0 Å². The Balaban J connectivity index is 1.85. The highest BCUT2D eigenvalue weighted by atomic mass is 79.9. The quantitative estimate of drug-likeness (QED) is 0.818. The highest BCUT2D eigenvalue weighted by molar-refractivity contribution is 9.10. The second kappa shape index (κ2) is 5.71. The van der Waals surface area contributed by atoms with Crippen molar-refractivity contribution < 1.29 is 4.74 Å². The maximum absolute atomic E-state index is 5.66. The lowest BCUT2D eigenvalue weighted by Crippen LogP contribution is -2.00. The molecule has 0 saturated heterocycles. The number of hydrogen-bond donors (Lipinski definition) is 0. The van der Waals surface area contributed by atoms with E-state index in [4.69, 9.17) is 4.74 Å². The van der Waals surface area contributed by atoms with Gasteiger partial charge in [-0.05, 0) is 23.8 Å². The first kappa shape index (κ1) is 11.2. The third-order valence-corrected chi connectivity index (χ3v) is 2.79. The third kappa shape index (κ3) is 3.38. The lowest BCUT2D eigenvalue weighted by molar-refractivity contribution is 0.322. The van der Waals surface area contributed by atoms with E-state index in [0.29, 0.717) is 6.61 Å². The molecule has 0 radical (unpaired) electrons. The van der Waals surface area contributed by atoms with Crippen molar-refractivity contribution in [2.45, 2.75) is 6.42 Å². The minimum absolute atomic E-state index is 0.709. The van der Waals surface area contributed by atoms with Crippen molar-refractivity contribution >= 4 is 15.9 Å². The molecule has 0 N–H and O–H groups in total. The van der Waals surface area contributed by atoms with E-state index in [0.717, 1.165) is 16.6 Å². The Labute approximate surface area is 104 Å². The largest absolute Gasteiger partial charge is 0.493 e. The molecular weight excluding hydrogens is 264 g/mol. The number of ether oxygens (including phenoxy) is 1. The van der Waals surface area contributed by atoms with Crippen LogP contribution in [-0.4, -0.2) is 6.61 Å². The molecule has 16 heavy (non-hydrogen) atoms. The Morgan fingerprint density at radius 2 is 1.75 bits per heavy atom. The molecule has 0 unspecified atom stereocenters. The number of halogens is 1. The first-order valence-electron chi connectivity index (χ1n) is 5.27. The summed E-state index contributed by atoms with van der Waals surface area (Å²) in [6, 6.07) is 18.3. The summed E-state index contributed by atoms with van der Waals surface area (Å²) in [6.45, 7) is 0.709. The normalized spacial score (nSPS) is 10.1. The maximum atomic E-state index is 5.66. The van der Waals surface area contributed by atoms with Crippen molar-refractivity contribution in [3.05, 3.63) is 64.6 Å². The third-order valence-electron chi connectivity index (χ3n) is 2.30. The van der Waals surface area contributed by atoms with Gasteiger partial charge in [0.15, 0.2) is 0 Å². The van der Waals surface area contributed by atoms with E-state index in [-0.39, 0.29) is 0 Å². The van der Waals surface area contributed by atoms with Crippen LogP contribution in [-0.2, 0) is 6.42 Å². The molecule has 82 valence electrons. The molecule has 0 saturated carbocycles. The van der Waals surface area contributed by atoms with Crippen LogP contribution in [0, 0.1) is 0 Å². The standard InChI is InChI=1S/C14H13BrO/c15-13-7-4-8-14(11-13)16-10-9-12-5-2-1-3-6-12/h1-8,11H,9-10H2. The molecule has 2 heteroatoms. The highest BCUT2D eigenvalue weighted by Gasteiger charge is 1.95. The Morgan fingerprint density at radius 3 is 2.50 bits per heavy atom. The predicted molar refractivity (Wildman–Crippen MR) is 69.8 cm³/mol. The van der Waals surface area contributed by atoms with Gasteiger partial charge in [-0.2, -0.15) is 0 Å². The van der Waals surface area contributed by atoms with Crippen molar-refractivity contribution in [1.82, 2.24) is 0 Å². The van der Waals surface area contributed by atoms with E-state index in [2.05, 4.69) is 40.2 Å². The molecule has 2 aromatic rings. The van der Waals surface area contributed by atoms with E-state index in [1.807, 2.05) is 30.3 Å². The zero-order chi connectivity index (χ0) is 11.2. The Hall–Kier alpha value is -1.28. The molecule has 0 aliphatic carbocycles. The molecule has 0 aliphatic rings. The minimum Gasteiger partial charge on any atom is -0.493 e. The number of benzene rings is 2. The fraction of sp³-hybridized carbons (Fsp3) is 0.143. The van der Waals surface area contributed by atoms with Crippen LogP contribution in [0.3, 0.4) is 0 Å². The van der Waals surface area contributed by atoms with Crippen LogP contribution in [0.1, 0.15) is 5.56 Å². The van der Waals surface area contributed by atoms with Crippen molar-refractivity contribution in [2.75, 3.05) is 6.61 Å². The van der Waals surface area contributed by atoms with Crippen LogP contribution in [0.5, 0.6) is 5.75 Å². The molecule has 0 fully saturated rings. The molecule has 2 aromatic carbocycles. The molecule has 2 rings (SSSR count). The molecule has 0 aliphatic heterocycles. The van der Waals surface area contributed by atoms with Gasteiger partial charge in [-0.15, -0.1) is 0 Å². The summed E-state index contributed by atoms with van der Waals surface area (Å²) >= 11 is 3.42. The van der Waals surface area contributed by atoms with Crippen LogP contribution in [0.25, 0.3) is 0 Å². The van der Waals surface area contributed by atoms with Crippen molar-refractivity contribution in [1.29, 1.82) is 0 Å². The van der Waals surface area contributed by atoms with Gasteiger partial charge >= 0.3 is 0 Å². The summed E-state index contributed by atoms with van der Waals surface area (Å²) < 4.78 is 6.71. The predicted octanol–water partition coefficient (Wildman–Crippen LogP) is 4.07. The van der Waals surface area contributed by atoms with Crippen molar-refractivity contribution in [3.8, 4) is 5.75 Å². The van der Waals surface area contributed by atoms with Gasteiger partial charge in [-0.1, -0.05) is 52.3 Å². The molecule has 0 heterocycles. The lowest BCUT2D eigenvalue weighted by atomic mass is 10.2. The average Bonchev–Trinajstić information content (AvgIpc) is 2.30. The van der Waals surface area contributed by atoms with Crippen LogP contribution in [0.4, 0.5) is 0 Å². The summed E-state index contributed by atoms with van der Waals surface area (Å²) in [5, 5.41) is 0. The van der Waals surface area contributed by atoms with E-state index < -0.39 is 0 Å². The monoisotopic (exact) mass is 276 g/mol. The summed E-state index contributed by atoms with van der Waals surface area (Å²) in [6.07, 6.45) is 0.938. The fourth-order valence-corrected chi connectivity index (χ4v) is 1.87. The summed E-state index contributed by atoms with van der Waals surface area (Å²) in [7, 11) is 0. The van der Waals surface area contributed by atoms with Crippen LogP contribution in [0.15, 0.2) is 59.1 Å². The molecule has 0 amide bonds. The summed E-state index contributed by atoms with van der Waals surface area (Å²) in [4.78, 5) is 0. The average molecular weight is 277 g/mol. The Kier molecular flexibility index (Phi) is 4.00. The highest BCUT2D eigenvalue weighted by Crippen LogP contribution is 2.17. The van der Waals surface area contributed by atoms with E-state index in [9.17, 15) is 0 Å². The topological polar surface area (TPSA) is 9.23 Å². The molecule has 0 spiro atoms. The SMILES string of the molecule is Brc1cccc(OCCc2ccccc2)c1. The molecule has 0 aromatic heterocycles. The van der Waals surface area contributed by atoms with Gasteiger partial charge in [0.2, 0.25) is 0 Å². The molecular formula is C14H13BrO. The van der Waals surface area contributed by atoms with Crippen LogP contribution >= 0.6 is 15.9 Å². The maximum Gasteiger partial charge on any atom is 0.120 e. The summed E-state index contributed by atoms with van der Waals surface area (Å²) in [5.41, 5.74) is 1.30. The second-order valence-corrected chi connectivity index (χ2v) is 4.46. The van der Waals surface area contributed by atoms with Gasteiger partial charge in [0, 0.05) is 10.9 Å². The Morgan fingerprint density at radius 1 is 0.938 bits per heavy atom. The smallest absolute Gasteiger partial charge is 0.120 e. The van der Waals surface area contributed by atoms with E-state index >= 15 is 0 Å². The molecule has 0 atom stereocenters. The van der Waals surface area contributed by atoms with Gasteiger partial charge in [-0.3, -0.25) is 0 Å². The number of rotatable bonds is 4. The van der Waals surface area contributed by atoms with Gasteiger partial charge in [0.1, 0.15) is 5.75 Å². The first-order valence-corrected chi connectivity index (χ1v) is 6.06. The van der Waals surface area contributed by atoms with E-state index in [1.165, 1.54) is 5.56 Å². The van der Waals surface area contributed by atoms with Crippen molar-refractivity contribution in [3.63, 3.8) is 0 Å². The zero-order valence-electron chi connectivity index (χ0n) is 8.90. The van der Waals surface area contributed by atoms with Crippen LogP contribution in [0.2, 0.25) is 0 Å². The minimum atomic E-state index is 0.709. The van der Waals surface area contributed by atoms with Crippen LogP contribution < -0.4 is 4.74 Å². The second-order valence-electron chi connectivity index (χ2n) is 3.54. The summed E-state index contributed by atoms with van der Waals surface area (Å²) in [5.74, 6) is 0.908. The van der Waals surface area contributed by atoms with Gasteiger partial charge in [0.05, 0.1) is 6.61 Å². The molecule has 1 nitrogen and oxygen atoms in total. The lowest BCUT2D eigenvalue weighted by Gasteiger charge is -2.06. The fourth-order valence-electron chi connectivity index (χ4n) is 1.49. The Bertz CT molecular complexity index is 439. The first-order chi connectivity index (χ1) is 7.84. The van der Waals surface area contributed by atoms with Gasteiger partial charge < -0.3 is 4.74 Å². The van der Waals surface area contributed by atoms with Crippen molar-refractivity contribution in [2.24, 2.45) is 0 Å². The van der Waals surface area contributed by atoms with E-state index in [1.54, 1.807) is 0 Å². The zero-order valence-corrected chi connectivity index (χ0v) is 10.5.